The number of nitrogen functional groups attached to an aromatic ring is 2. The molecule has 3 aromatic rings. The van der Waals surface area contributed by atoms with E-state index in [-0.39, 0.29) is 17.9 Å². The second-order valence-electron chi connectivity index (χ2n) is 11.1. The van der Waals surface area contributed by atoms with Gasteiger partial charge < -0.3 is 31.2 Å². The molecular weight excluding hydrogens is 589 g/mol. The number of carbonyl (C=O) groups excluding carboxylic acids is 2. The molecule has 2 saturated heterocycles. The monoisotopic (exact) mass is 625 g/mol. The number of anilines is 2. The van der Waals surface area contributed by atoms with Gasteiger partial charge in [-0.25, -0.2) is 0 Å². The molecule has 5 N–H and O–H groups in total. The van der Waals surface area contributed by atoms with Crippen LogP contribution >= 0.6 is 23.2 Å². The number of morpholine rings is 1. The fourth-order valence-corrected chi connectivity index (χ4v) is 6.10. The summed E-state index contributed by atoms with van der Waals surface area (Å²) in [5.74, 6) is 0.582. The van der Waals surface area contributed by atoms with Crippen molar-refractivity contribution in [3.8, 4) is 16.9 Å². The average Bonchev–Trinajstić information content (AvgIpc) is 3.02. The van der Waals surface area contributed by atoms with Crippen LogP contribution in [-0.4, -0.2) is 80.7 Å². The second-order valence-corrected chi connectivity index (χ2v) is 11.9. The Hall–Kier alpha value is -3.50. The van der Waals surface area contributed by atoms with Gasteiger partial charge in [0, 0.05) is 50.9 Å². The Bertz CT molecular complexity index is 1480. The van der Waals surface area contributed by atoms with Gasteiger partial charge in [0.25, 0.3) is 11.8 Å². The predicted octanol–water partition coefficient (Wildman–Crippen LogP) is 4.82. The number of benzene rings is 3. The maximum absolute atomic E-state index is 13.6. The van der Waals surface area contributed by atoms with Crippen LogP contribution in [0.2, 0.25) is 10.0 Å². The van der Waals surface area contributed by atoms with E-state index in [4.69, 9.17) is 44.1 Å². The number of nitrogens with one attached hydrogen (secondary N) is 1. The molecule has 0 saturated carbocycles. The molecule has 0 spiro atoms. The van der Waals surface area contributed by atoms with Gasteiger partial charge in [0.15, 0.2) is 0 Å². The SMILES string of the molecule is COc1cc(N)c(Cl)cc1C(=O)NCC1CN(CC2CCN(C(=O)c3ccccc3-c3ccc(N)c(Cl)c3)CC2)CCO1. The molecule has 1 unspecified atom stereocenters. The van der Waals surface area contributed by atoms with Crippen LogP contribution in [0.15, 0.2) is 54.6 Å². The lowest BCUT2D eigenvalue weighted by molar-refractivity contribution is -0.0332. The highest BCUT2D eigenvalue weighted by Gasteiger charge is 2.29. The smallest absolute Gasteiger partial charge is 0.255 e. The summed E-state index contributed by atoms with van der Waals surface area (Å²) in [6, 6.07) is 16.2. The Kier molecular flexibility index (Phi) is 9.97. The second kappa shape index (κ2) is 13.9. The van der Waals surface area contributed by atoms with E-state index < -0.39 is 0 Å². The molecule has 0 aliphatic carbocycles. The first kappa shape index (κ1) is 30.9. The number of ether oxygens (including phenoxy) is 2. The van der Waals surface area contributed by atoms with Crippen molar-refractivity contribution in [1.82, 2.24) is 15.1 Å². The highest BCUT2D eigenvalue weighted by Crippen LogP contribution is 2.31. The van der Waals surface area contributed by atoms with E-state index in [0.29, 0.717) is 70.5 Å². The number of halogens is 2. The van der Waals surface area contributed by atoms with Gasteiger partial charge in [-0.1, -0.05) is 47.5 Å². The molecule has 0 radical (unpaired) electrons. The molecule has 5 rings (SSSR count). The molecular formula is C32H37Cl2N5O4. The number of hydrogen-bond acceptors (Lipinski definition) is 7. The summed E-state index contributed by atoms with van der Waals surface area (Å²) in [7, 11) is 1.48. The van der Waals surface area contributed by atoms with Gasteiger partial charge in [-0.05, 0) is 54.2 Å². The molecule has 2 aliphatic rings. The number of methoxy groups -OCH3 is 1. The Morgan fingerprint density at radius 3 is 2.47 bits per heavy atom. The van der Waals surface area contributed by atoms with Crippen molar-refractivity contribution in [2.75, 3.05) is 64.5 Å². The van der Waals surface area contributed by atoms with Gasteiger partial charge in [0.1, 0.15) is 5.75 Å². The molecule has 9 nitrogen and oxygen atoms in total. The first-order chi connectivity index (χ1) is 20.7. The summed E-state index contributed by atoms with van der Waals surface area (Å²) in [6.07, 6.45) is 1.73. The topological polar surface area (TPSA) is 123 Å². The van der Waals surface area contributed by atoms with Crippen LogP contribution in [0, 0.1) is 5.92 Å². The number of hydrogen-bond donors (Lipinski definition) is 3. The minimum absolute atomic E-state index is 0.0307. The van der Waals surface area contributed by atoms with Crippen LogP contribution in [0.25, 0.3) is 11.1 Å². The lowest BCUT2D eigenvalue weighted by Gasteiger charge is -2.38. The summed E-state index contributed by atoms with van der Waals surface area (Å²) in [4.78, 5) is 30.8. The summed E-state index contributed by atoms with van der Waals surface area (Å²) in [5, 5.41) is 3.72. The van der Waals surface area contributed by atoms with Gasteiger partial charge >= 0.3 is 0 Å². The highest BCUT2D eigenvalue weighted by molar-refractivity contribution is 6.33. The van der Waals surface area contributed by atoms with E-state index in [1.54, 1.807) is 18.2 Å². The summed E-state index contributed by atoms with van der Waals surface area (Å²) in [6.45, 7) is 4.86. The Labute approximate surface area is 262 Å². The number of likely N-dealkylation sites (tertiary alicyclic amines) is 1. The third kappa shape index (κ3) is 7.36. The molecule has 1 atom stereocenters. The molecule has 228 valence electrons. The summed E-state index contributed by atoms with van der Waals surface area (Å²) in [5.41, 5.74) is 15.3. The number of nitrogens with two attached hydrogens (primary N) is 2. The third-order valence-electron chi connectivity index (χ3n) is 8.16. The molecule has 2 fully saturated rings. The number of amides is 2. The van der Waals surface area contributed by atoms with E-state index in [1.165, 1.54) is 13.2 Å². The van der Waals surface area contributed by atoms with Gasteiger partial charge in [-0.3, -0.25) is 14.5 Å². The first-order valence-electron chi connectivity index (χ1n) is 14.4. The summed E-state index contributed by atoms with van der Waals surface area (Å²) < 4.78 is 11.2. The predicted molar refractivity (Wildman–Crippen MR) is 171 cm³/mol. The number of piperidine rings is 1. The Morgan fingerprint density at radius 2 is 1.72 bits per heavy atom. The van der Waals surface area contributed by atoms with Gasteiger partial charge in [0.2, 0.25) is 0 Å². The lowest BCUT2D eigenvalue weighted by Crippen LogP contribution is -2.50. The van der Waals surface area contributed by atoms with E-state index >= 15 is 0 Å². The van der Waals surface area contributed by atoms with Gasteiger partial charge in [0.05, 0.1) is 46.8 Å². The van der Waals surface area contributed by atoms with E-state index in [0.717, 1.165) is 43.6 Å². The van der Waals surface area contributed by atoms with E-state index in [2.05, 4.69) is 10.2 Å². The molecule has 0 bridgehead atoms. The fourth-order valence-electron chi connectivity index (χ4n) is 5.76. The fraction of sp³-hybridized carbons (Fsp3) is 0.375. The quantitative estimate of drug-likeness (QED) is 0.307. The minimum atomic E-state index is -0.294. The zero-order valence-corrected chi connectivity index (χ0v) is 25.7. The lowest BCUT2D eigenvalue weighted by atomic mass is 9.94. The number of rotatable bonds is 8. The average molecular weight is 627 g/mol. The minimum Gasteiger partial charge on any atom is -0.496 e. The third-order valence-corrected chi connectivity index (χ3v) is 8.82. The molecule has 11 heteroatoms. The van der Waals surface area contributed by atoms with Gasteiger partial charge in [-0.15, -0.1) is 0 Å². The maximum Gasteiger partial charge on any atom is 0.255 e. The largest absolute Gasteiger partial charge is 0.496 e. The van der Waals surface area contributed by atoms with Crippen molar-refractivity contribution in [3.05, 3.63) is 75.8 Å². The number of carbonyl (C=O) groups is 2. The molecule has 2 aliphatic heterocycles. The molecule has 43 heavy (non-hydrogen) atoms. The van der Waals surface area contributed by atoms with Crippen molar-refractivity contribution in [2.45, 2.75) is 18.9 Å². The summed E-state index contributed by atoms with van der Waals surface area (Å²) >= 11 is 12.4. The molecule has 2 amide bonds. The first-order valence-corrected chi connectivity index (χ1v) is 15.2. The van der Waals surface area contributed by atoms with Crippen molar-refractivity contribution in [2.24, 2.45) is 5.92 Å². The standard InChI is InChI=1S/C32H37Cl2N5O4/c1-42-30-16-29(36)27(34)15-25(30)31(40)37-17-22-19-38(12-13-43-22)18-20-8-10-39(11-9-20)32(41)24-5-3-2-4-23(24)21-6-7-28(35)26(33)14-21/h2-7,14-16,20,22H,8-13,17-19,35-36H2,1H3,(H,37,40). The van der Waals surface area contributed by atoms with Crippen LogP contribution in [0.5, 0.6) is 5.75 Å². The molecule has 2 heterocycles. The van der Waals surface area contributed by atoms with Crippen LogP contribution in [-0.2, 0) is 4.74 Å². The van der Waals surface area contributed by atoms with Crippen molar-refractivity contribution >= 4 is 46.4 Å². The Balaban J connectivity index is 1.12. The molecule has 0 aromatic heterocycles. The van der Waals surface area contributed by atoms with Gasteiger partial charge in [-0.2, -0.15) is 0 Å². The number of nitrogens with zero attached hydrogens (tertiary/aromatic N) is 2. The van der Waals surface area contributed by atoms with Crippen molar-refractivity contribution in [3.63, 3.8) is 0 Å². The van der Waals surface area contributed by atoms with E-state index in [9.17, 15) is 9.59 Å². The zero-order chi connectivity index (χ0) is 30.5. The van der Waals surface area contributed by atoms with Crippen molar-refractivity contribution in [1.29, 1.82) is 0 Å². The highest BCUT2D eigenvalue weighted by atomic mass is 35.5. The normalized spacial score (nSPS) is 17.9. The van der Waals surface area contributed by atoms with Crippen LogP contribution in [0.4, 0.5) is 11.4 Å². The zero-order valence-electron chi connectivity index (χ0n) is 24.2. The molecule has 3 aromatic carbocycles. The Morgan fingerprint density at radius 1 is 0.977 bits per heavy atom. The van der Waals surface area contributed by atoms with E-state index in [1.807, 2.05) is 35.2 Å². The maximum atomic E-state index is 13.6. The van der Waals surface area contributed by atoms with Crippen LogP contribution in [0.1, 0.15) is 33.6 Å². The van der Waals surface area contributed by atoms with Crippen molar-refractivity contribution < 1.29 is 19.1 Å². The van der Waals surface area contributed by atoms with Crippen LogP contribution < -0.4 is 21.5 Å². The van der Waals surface area contributed by atoms with Crippen LogP contribution in [0.3, 0.4) is 0 Å².